The molecule has 1 aliphatic carbocycles. The van der Waals surface area contributed by atoms with Crippen molar-refractivity contribution in [3.05, 3.63) is 48.4 Å². The van der Waals surface area contributed by atoms with Crippen molar-refractivity contribution in [2.75, 3.05) is 6.54 Å². The van der Waals surface area contributed by atoms with E-state index in [1.807, 2.05) is 0 Å². The summed E-state index contributed by atoms with van der Waals surface area (Å²) < 4.78 is 0. The third-order valence-corrected chi connectivity index (χ3v) is 3.24. The summed E-state index contributed by atoms with van der Waals surface area (Å²) in [7, 11) is 0. The van der Waals surface area contributed by atoms with E-state index in [9.17, 15) is 0 Å². The fraction of sp³-hybridized carbons (Fsp3) is 0.333. The lowest BCUT2D eigenvalue weighted by Crippen LogP contribution is -2.15. The number of nitrogens with one attached hydrogen (secondary N) is 1. The molecule has 1 saturated carbocycles. The molecule has 1 fully saturated rings. The molecular formula is C15H17N3. The highest BCUT2D eigenvalue weighted by molar-refractivity contribution is 5.58. The average molecular weight is 239 g/mol. The van der Waals surface area contributed by atoms with E-state index in [2.05, 4.69) is 39.6 Å². The molecule has 1 aliphatic rings. The lowest BCUT2D eigenvalue weighted by Gasteiger charge is -2.06. The molecule has 0 saturated heterocycles. The third-order valence-electron chi connectivity index (χ3n) is 3.24. The molecule has 1 heterocycles. The maximum absolute atomic E-state index is 4.33. The minimum Gasteiger partial charge on any atom is -0.312 e. The van der Waals surface area contributed by atoms with Crippen LogP contribution < -0.4 is 5.32 Å². The highest BCUT2D eigenvalue weighted by Gasteiger charge is 2.20. The number of nitrogens with zero attached hydrogens (tertiary/aromatic N) is 2. The van der Waals surface area contributed by atoms with Crippen molar-refractivity contribution in [1.29, 1.82) is 0 Å². The standard InChI is InChI=1S/C15H17N3/c1-2-13(10-17-9-12-4-5-12)8-14(3-1)15-11-16-6-7-18-15/h1-3,6-8,11-12,17H,4-5,9-10H2. The molecule has 1 aromatic heterocycles. The van der Waals surface area contributed by atoms with Crippen LogP contribution in [0.2, 0.25) is 0 Å². The van der Waals surface area contributed by atoms with E-state index in [0.29, 0.717) is 0 Å². The Morgan fingerprint density at radius 3 is 2.94 bits per heavy atom. The molecule has 1 aromatic carbocycles. The molecule has 1 N–H and O–H groups in total. The van der Waals surface area contributed by atoms with E-state index < -0.39 is 0 Å². The van der Waals surface area contributed by atoms with E-state index in [4.69, 9.17) is 0 Å². The van der Waals surface area contributed by atoms with E-state index >= 15 is 0 Å². The first-order valence-electron chi connectivity index (χ1n) is 6.48. The van der Waals surface area contributed by atoms with Crippen LogP contribution in [-0.2, 0) is 6.54 Å². The van der Waals surface area contributed by atoms with Crippen LogP contribution in [0.15, 0.2) is 42.9 Å². The molecular weight excluding hydrogens is 222 g/mol. The van der Waals surface area contributed by atoms with Crippen molar-refractivity contribution < 1.29 is 0 Å². The largest absolute Gasteiger partial charge is 0.312 e. The number of aromatic nitrogens is 2. The van der Waals surface area contributed by atoms with Crippen LogP contribution in [0.4, 0.5) is 0 Å². The van der Waals surface area contributed by atoms with Gasteiger partial charge in [0.15, 0.2) is 0 Å². The molecule has 2 aromatic rings. The van der Waals surface area contributed by atoms with Gasteiger partial charge in [-0.05, 0) is 36.9 Å². The molecule has 0 radical (unpaired) electrons. The topological polar surface area (TPSA) is 37.8 Å². The van der Waals surface area contributed by atoms with E-state index in [1.165, 1.54) is 18.4 Å². The predicted octanol–water partition coefficient (Wildman–Crippen LogP) is 2.64. The Balaban J connectivity index is 1.68. The molecule has 3 heteroatoms. The Morgan fingerprint density at radius 2 is 2.17 bits per heavy atom. The second kappa shape index (κ2) is 5.27. The van der Waals surface area contributed by atoms with Gasteiger partial charge in [-0.1, -0.05) is 18.2 Å². The maximum Gasteiger partial charge on any atom is 0.0885 e. The number of benzene rings is 1. The SMILES string of the molecule is c1cc(CNCC2CC2)cc(-c2cnccn2)c1. The lowest BCUT2D eigenvalue weighted by molar-refractivity contribution is 0.639. The molecule has 92 valence electrons. The minimum atomic E-state index is 0.924. The summed E-state index contributed by atoms with van der Waals surface area (Å²) in [5.41, 5.74) is 3.37. The Bertz CT molecular complexity index is 506. The van der Waals surface area contributed by atoms with E-state index in [-0.39, 0.29) is 0 Å². The first-order valence-corrected chi connectivity index (χ1v) is 6.48. The monoisotopic (exact) mass is 239 g/mol. The van der Waals surface area contributed by atoms with Crippen LogP contribution >= 0.6 is 0 Å². The zero-order chi connectivity index (χ0) is 12.2. The van der Waals surface area contributed by atoms with Crippen molar-refractivity contribution >= 4 is 0 Å². The van der Waals surface area contributed by atoms with Gasteiger partial charge in [-0.2, -0.15) is 0 Å². The minimum absolute atomic E-state index is 0.924. The summed E-state index contributed by atoms with van der Waals surface area (Å²) in [5, 5.41) is 3.51. The first kappa shape index (κ1) is 11.4. The van der Waals surface area contributed by atoms with Gasteiger partial charge in [0.2, 0.25) is 0 Å². The zero-order valence-corrected chi connectivity index (χ0v) is 10.3. The van der Waals surface area contributed by atoms with Gasteiger partial charge in [0, 0.05) is 24.5 Å². The molecule has 0 atom stereocenters. The molecule has 18 heavy (non-hydrogen) atoms. The van der Waals surface area contributed by atoms with Crippen molar-refractivity contribution in [3.8, 4) is 11.3 Å². The first-order chi connectivity index (χ1) is 8.92. The van der Waals surface area contributed by atoms with Gasteiger partial charge in [-0.15, -0.1) is 0 Å². The third kappa shape index (κ3) is 2.93. The maximum atomic E-state index is 4.33. The smallest absolute Gasteiger partial charge is 0.0885 e. The normalized spacial score (nSPS) is 14.7. The zero-order valence-electron chi connectivity index (χ0n) is 10.3. The number of hydrogen-bond acceptors (Lipinski definition) is 3. The van der Waals surface area contributed by atoms with Crippen LogP contribution in [-0.4, -0.2) is 16.5 Å². The summed E-state index contributed by atoms with van der Waals surface area (Å²) in [5.74, 6) is 0.924. The quantitative estimate of drug-likeness (QED) is 0.871. The molecule has 0 unspecified atom stereocenters. The molecule has 0 bridgehead atoms. The van der Waals surface area contributed by atoms with Gasteiger partial charge in [0.25, 0.3) is 0 Å². The number of rotatable bonds is 5. The summed E-state index contributed by atoms with van der Waals surface area (Å²) in [6.07, 6.45) is 8.02. The molecule has 3 nitrogen and oxygen atoms in total. The fourth-order valence-electron chi connectivity index (χ4n) is 2.03. The molecule has 0 spiro atoms. The summed E-state index contributed by atoms with van der Waals surface area (Å²) >= 11 is 0. The van der Waals surface area contributed by atoms with Gasteiger partial charge in [-0.3, -0.25) is 9.97 Å². The van der Waals surface area contributed by atoms with Crippen LogP contribution in [0.25, 0.3) is 11.3 Å². The van der Waals surface area contributed by atoms with Crippen LogP contribution in [0.3, 0.4) is 0 Å². The van der Waals surface area contributed by atoms with Crippen molar-refractivity contribution in [2.24, 2.45) is 5.92 Å². The van der Waals surface area contributed by atoms with Gasteiger partial charge in [0.1, 0.15) is 0 Å². The van der Waals surface area contributed by atoms with Crippen molar-refractivity contribution in [2.45, 2.75) is 19.4 Å². The molecule has 0 amide bonds. The van der Waals surface area contributed by atoms with Gasteiger partial charge in [0.05, 0.1) is 11.9 Å². The second-order valence-corrected chi connectivity index (χ2v) is 4.87. The van der Waals surface area contributed by atoms with Crippen LogP contribution in [0, 0.1) is 5.92 Å². The highest BCUT2D eigenvalue weighted by Crippen LogP contribution is 2.27. The van der Waals surface area contributed by atoms with Crippen LogP contribution in [0.5, 0.6) is 0 Å². The number of hydrogen-bond donors (Lipinski definition) is 1. The second-order valence-electron chi connectivity index (χ2n) is 4.87. The average Bonchev–Trinajstić information content (AvgIpc) is 3.24. The molecule has 0 aliphatic heterocycles. The fourth-order valence-corrected chi connectivity index (χ4v) is 2.03. The lowest BCUT2D eigenvalue weighted by atomic mass is 10.1. The Morgan fingerprint density at radius 1 is 1.22 bits per heavy atom. The van der Waals surface area contributed by atoms with Crippen molar-refractivity contribution in [3.63, 3.8) is 0 Å². The Kier molecular flexibility index (Phi) is 3.33. The Hall–Kier alpha value is -1.74. The summed E-state index contributed by atoms with van der Waals surface area (Å²) in [6, 6.07) is 8.50. The van der Waals surface area contributed by atoms with Crippen LogP contribution in [0.1, 0.15) is 18.4 Å². The van der Waals surface area contributed by atoms with Gasteiger partial charge >= 0.3 is 0 Å². The highest BCUT2D eigenvalue weighted by atomic mass is 14.9. The van der Waals surface area contributed by atoms with Gasteiger partial charge < -0.3 is 5.32 Å². The van der Waals surface area contributed by atoms with Gasteiger partial charge in [-0.25, -0.2) is 0 Å². The Labute approximate surface area is 107 Å². The van der Waals surface area contributed by atoms with Crippen molar-refractivity contribution in [1.82, 2.24) is 15.3 Å². The predicted molar refractivity (Wildman–Crippen MR) is 71.9 cm³/mol. The summed E-state index contributed by atoms with van der Waals surface area (Å²) in [4.78, 5) is 8.43. The molecule has 3 rings (SSSR count). The summed E-state index contributed by atoms with van der Waals surface area (Å²) in [6.45, 7) is 2.08. The van der Waals surface area contributed by atoms with E-state index in [1.54, 1.807) is 18.6 Å². The van der Waals surface area contributed by atoms with E-state index in [0.717, 1.165) is 30.3 Å².